The van der Waals surface area contributed by atoms with Gasteiger partial charge in [0, 0.05) is 31.1 Å². The van der Waals surface area contributed by atoms with Gasteiger partial charge in [0.15, 0.2) is 0 Å². The maximum absolute atomic E-state index is 13.7. The van der Waals surface area contributed by atoms with E-state index < -0.39 is 26.6 Å². The van der Waals surface area contributed by atoms with E-state index in [1.807, 2.05) is 0 Å². The Bertz CT molecular complexity index is 901. The number of sulfonamides is 1. The highest BCUT2D eigenvalue weighted by Gasteiger charge is 2.35. The lowest BCUT2D eigenvalue weighted by Crippen LogP contribution is -2.43. The first kappa shape index (κ1) is 17.5. The van der Waals surface area contributed by atoms with Crippen molar-refractivity contribution in [2.24, 2.45) is 0 Å². The van der Waals surface area contributed by atoms with Gasteiger partial charge >= 0.3 is 0 Å². The first-order valence-electron chi connectivity index (χ1n) is 7.58. The highest BCUT2D eigenvalue weighted by molar-refractivity contribution is 7.89. The Balaban J connectivity index is 1.68. The second kappa shape index (κ2) is 6.52. The molecule has 0 radical (unpaired) electrons. The first-order chi connectivity index (χ1) is 11.8. The minimum atomic E-state index is -4.06. The summed E-state index contributed by atoms with van der Waals surface area (Å²) < 4.78 is 53.5. The fourth-order valence-corrected chi connectivity index (χ4v) is 4.08. The molecule has 134 valence electrons. The molecule has 7 nitrogen and oxygen atoms in total. The van der Waals surface area contributed by atoms with Crippen LogP contribution in [-0.2, 0) is 10.0 Å². The number of hydrogen-bond acceptors (Lipinski definition) is 6. The number of nitrogen functional groups attached to an aromatic ring is 1. The number of nitrogens with one attached hydrogen (secondary N) is 2. The summed E-state index contributed by atoms with van der Waals surface area (Å²) in [5.41, 5.74) is 6.37. The Morgan fingerprint density at radius 2 is 1.92 bits per heavy atom. The molecule has 25 heavy (non-hydrogen) atoms. The molecule has 1 aliphatic rings. The number of rotatable bonds is 5. The third kappa shape index (κ3) is 3.69. The SMILES string of the molecule is CNc1cc(C2CC(NS(=O)(=O)c3ccc(F)cc3F)C2)nc(N)n1. The van der Waals surface area contributed by atoms with Gasteiger partial charge in [-0.2, -0.15) is 4.98 Å². The van der Waals surface area contributed by atoms with Crippen LogP contribution in [0.2, 0.25) is 0 Å². The van der Waals surface area contributed by atoms with Crippen molar-refractivity contribution < 1.29 is 17.2 Å². The van der Waals surface area contributed by atoms with Crippen molar-refractivity contribution in [3.8, 4) is 0 Å². The fraction of sp³-hybridized carbons (Fsp3) is 0.333. The van der Waals surface area contributed by atoms with E-state index in [2.05, 4.69) is 20.0 Å². The quantitative estimate of drug-likeness (QED) is 0.738. The second-order valence-corrected chi connectivity index (χ2v) is 7.53. The van der Waals surface area contributed by atoms with Crippen molar-refractivity contribution in [1.29, 1.82) is 0 Å². The highest BCUT2D eigenvalue weighted by atomic mass is 32.2. The van der Waals surface area contributed by atoms with Gasteiger partial charge in [-0.15, -0.1) is 0 Å². The molecular formula is C15H17F2N5O2S. The van der Waals surface area contributed by atoms with Crippen molar-refractivity contribution in [3.63, 3.8) is 0 Å². The van der Waals surface area contributed by atoms with Crippen LogP contribution >= 0.6 is 0 Å². The lowest BCUT2D eigenvalue weighted by Gasteiger charge is -2.35. The van der Waals surface area contributed by atoms with Gasteiger partial charge < -0.3 is 11.1 Å². The number of nitrogens with two attached hydrogens (primary N) is 1. The zero-order valence-electron chi connectivity index (χ0n) is 13.3. The van der Waals surface area contributed by atoms with Crippen LogP contribution in [0.4, 0.5) is 20.5 Å². The van der Waals surface area contributed by atoms with E-state index in [4.69, 9.17) is 5.73 Å². The van der Waals surface area contributed by atoms with Gasteiger partial charge in [-0.05, 0) is 25.0 Å². The van der Waals surface area contributed by atoms with Crippen molar-refractivity contribution in [1.82, 2.24) is 14.7 Å². The number of aromatic nitrogens is 2. The van der Waals surface area contributed by atoms with Crippen LogP contribution in [-0.4, -0.2) is 31.5 Å². The molecule has 0 atom stereocenters. The molecular weight excluding hydrogens is 352 g/mol. The van der Waals surface area contributed by atoms with Gasteiger partial charge in [-0.3, -0.25) is 0 Å². The number of benzene rings is 1. The topological polar surface area (TPSA) is 110 Å². The van der Waals surface area contributed by atoms with Crippen molar-refractivity contribution in [2.75, 3.05) is 18.1 Å². The van der Waals surface area contributed by atoms with Crippen LogP contribution in [0.5, 0.6) is 0 Å². The number of nitrogens with zero attached hydrogens (tertiary/aromatic N) is 2. The van der Waals surface area contributed by atoms with Crippen molar-refractivity contribution in [2.45, 2.75) is 29.7 Å². The van der Waals surface area contributed by atoms with E-state index >= 15 is 0 Å². The molecule has 1 aliphatic carbocycles. The molecule has 2 aromatic rings. The molecule has 3 rings (SSSR count). The largest absolute Gasteiger partial charge is 0.373 e. The molecule has 1 aromatic carbocycles. The minimum Gasteiger partial charge on any atom is -0.373 e. The number of hydrogen-bond donors (Lipinski definition) is 3. The van der Waals surface area contributed by atoms with E-state index in [0.717, 1.165) is 17.8 Å². The van der Waals surface area contributed by atoms with Gasteiger partial charge in [0.2, 0.25) is 16.0 Å². The van der Waals surface area contributed by atoms with Crippen LogP contribution < -0.4 is 15.8 Å². The van der Waals surface area contributed by atoms with Crippen molar-refractivity contribution >= 4 is 21.8 Å². The van der Waals surface area contributed by atoms with E-state index in [0.29, 0.717) is 24.7 Å². The molecule has 1 heterocycles. The second-order valence-electron chi connectivity index (χ2n) is 5.85. The molecule has 10 heteroatoms. The molecule has 1 fully saturated rings. The summed E-state index contributed by atoms with van der Waals surface area (Å²) in [6, 6.07) is 3.76. The normalized spacial score (nSPS) is 20.1. The lowest BCUT2D eigenvalue weighted by molar-refractivity contribution is 0.320. The summed E-state index contributed by atoms with van der Waals surface area (Å²) in [6.07, 6.45) is 1.00. The third-order valence-corrected chi connectivity index (χ3v) is 5.63. The Labute approximate surface area is 143 Å². The Morgan fingerprint density at radius 1 is 1.20 bits per heavy atom. The summed E-state index contributed by atoms with van der Waals surface area (Å²) in [6.45, 7) is 0. The number of halogens is 2. The molecule has 1 saturated carbocycles. The summed E-state index contributed by atoms with van der Waals surface area (Å²) >= 11 is 0. The molecule has 0 amide bonds. The average molecular weight is 369 g/mol. The fourth-order valence-electron chi connectivity index (χ4n) is 2.75. The maximum Gasteiger partial charge on any atom is 0.243 e. The smallest absolute Gasteiger partial charge is 0.243 e. The standard InChI is InChI=1S/C15H17F2N5O2S/c1-19-14-7-12(20-15(18)21-14)8-4-10(5-8)22-25(23,24)13-3-2-9(16)6-11(13)17/h2-3,6-8,10,22H,4-5H2,1H3,(H3,18,19,20,21). The van der Waals surface area contributed by atoms with Gasteiger partial charge in [0.05, 0.1) is 5.69 Å². The van der Waals surface area contributed by atoms with Crippen LogP contribution in [0.3, 0.4) is 0 Å². The molecule has 0 saturated heterocycles. The predicted molar refractivity (Wildman–Crippen MR) is 88.4 cm³/mol. The molecule has 4 N–H and O–H groups in total. The maximum atomic E-state index is 13.7. The zero-order chi connectivity index (χ0) is 18.2. The molecule has 0 bridgehead atoms. The van der Waals surface area contributed by atoms with E-state index in [1.165, 1.54) is 0 Å². The van der Waals surface area contributed by atoms with Gasteiger partial charge in [-0.1, -0.05) is 0 Å². The molecule has 1 aromatic heterocycles. The van der Waals surface area contributed by atoms with E-state index in [9.17, 15) is 17.2 Å². The summed E-state index contributed by atoms with van der Waals surface area (Å²) in [5.74, 6) is -1.20. The van der Waals surface area contributed by atoms with Gasteiger partial charge in [-0.25, -0.2) is 26.9 Å². The zero-order valence-corrected chi connectivity index (χ0v) is 14.1. The first-order valence-corrected chi connectivity index (χ1v) is 9.06. The van der Waals surface area contributed by atoms with Crippen LogP contribution in [0, 0.1) is 11.6 Å². The third-order valence-electron chi connectivity index (χ3n) is 4.08. The average Bonchev–Trinajstić information content (AvgIpc) is 2.49. The summed E-state index contributed by atoms with van der Waals surface area (Å²) in [5, 5.41) is 2.88. The Hall–Kier alpha value is -2.33. The molecule has 0 unspecified atom stereocenters. The van der Waals surface area contributed by atoms with Gasteiger partial charge in [0.1, 0.15) is 22.3 Å². The minimum absolute atomic E-state index is 0.0307. The van der Waals surface area contributed by atoms with Crippen molar-refractivity contribution in [3.05, 3.63) is 41.6 Å². The number of anilines is 2. The molecule has 0 spiro atoms. The molecule has 0 aliphatic heterocycles. The monoisotopic (exact) mass is 369 g/mol. The van der Waals surface area contributed by atoms with Crippen LogP contribution in [0.15, 0.2) is 29.2 Å². The van der Waals surface area contributed by atoms with Crippen LogP contribution in [0.1, 0.15) is 24.5 Å². The van der Waals surface area contributed by atoms with E-state index in [-0.39, 0.29) is 17.9 Å². The van der Waals surface area contributed by atoms with E-state index in [1.54, 1.807) is 13.1 Å². The summed E-state index contributed by atoms with van der Waals surface area (Å²) in [7, 11) is -2.35. The summed E-state index contributed by atoms with van der Waals surface area (Å²) in [4.78, 5) is 7.60. The lowest BCUT2D eigenvalue weighted by atomic mass is 9.78. The Kier molecular flexibility index (Phi) is 4.56. The predicted octanol–water partition coefficient (Wildman–Crippen LogP) is 1.60. The van der Waals surface area contributed by atoms with Crippen LogP contribution in [0.25, 0.3) is 0 Å². The highest BCUT2D eigenvalue weighted by Crippen LogP contribution is 2.37. The Morgan fingerprint density at radius 3 is 2.56 bits per heavy atom. The van der Waals surface area contributed by atoms with Gasteiger partial charge in [0.25, 0.3) is 0 Å².